The van der Waals surface area contributed by atoms with E-state index < -0.39 is 10.8 Å². The Bertz CT molecular complexity index is 392. The summed E-state index contributed by atoms with van der Waals surface area (Å²) in [5.41, 5.74) is 5.27. The Morgan fingerprint density at radius 1 is 1.44 bits per heavy atom. The van der Waals surface area contributed by atoms with Crippen LogP contribution in [0.3, 0.4) is 0 Å². The standard InChI is InChI=1S/C10H13FN2O2S/c11-8-3-5-9(6-4-8)16(15)7-1-2-10(12)13-14/h3-6,14H,1-2,7H2,(H2,12,13). The molecule has 1 aromatic rings. The molecule has 1 atom stereocenters. The highest BCUT2D eigenvalue weighted by Crippen LogP contribution is 2.09. The number of nitrogens with zero attached hydrogens (tertiary/aromatic N) is 1. The normalized spacial score (nSPS) is 13.7. The molecule has 0 bridgehead atoms. The first-order valence-corrected chi connectivity index (χ1v) is 6.05. The zero-order valence-corrected chi connectivity index (χ0v) is 9.41. The number of nitrogens with two attached hydrogens (primary N) is 1. The van der Waals surface area contributed by atoms with Crippen LogP contribution in [0, 0.1) is 5.82 Å². The van der Waals surface area contributed by atoms with E-state index in [1.54, 1.807) is 0 Å². The Hall–Kier alpha value is -1.43. The lowest BCUT2D eigenvalue weighted by Gasteiger charge is -2.01. The van der Waals surface area contributed by atoms with Crippen LogP contribution in [0.1, 0.15) is 12.8 Å². The summed E-state index contributed by atoms with van der Waals surface area (Å²) in [6, 6.07) is 5.54. The average molecular weight is 244 g/mol. The van der Waals surface area contributed by atoms with Gasteiger partial charge in [0.25, 0.3) is 0 Å². The Morgan fingerprint density at radius 3 is 2.62 bits per heavy atom. The van der Waals surface area contributed by atoms with Gasteiger partial charge in [-0.05, 0) is 30.7 Å². The fourth-order valence-corrected chi connectivity index (χ4v) is 2.22. The molecule has 0 amide bonds. The largest absolute Gasteiger partial charge is 0.409 e. The van der Waals surface area contributed by atoms with Crippen molar-refractivity contribution < 1.29 is 13.8 Å². The van der Waals surface area contributed by atoms with Crippen LogP contribution in [0.15, 0.2) is 34.3 Å². The summed E-state index contributed by atoms with van der Waals surface area (Å²) in [6.45, 7) is 0. The fourth-order valence-electron chi connectivity index (χ4n) is 1.14. The summed E-state index contributed by atoms with van der Waals surface area (Å²) in [6.07, 6.45) is 0.948. The molecular formula is C10H13FN2O2S. The van der Waals surface area contributed by atoms with Gasteiger partial charge in [-0.3, -0.25) is 4.21 Å². The molecule has 0 aliphatic heterocycles. The first-order chi connectivity index (χ1) is 7.63. The van der Waals surface area contributed by atoms with E-state index in [0.717, 1.165) is 0 Å². The molecule has 0 aliphatic rings. The highest BCUT2D eigenvalue weighted by Gasteiger charge is 2.04. The van der Waals surface area contributed by atoms with E-state index in [1.807, 2.05) is 0 Å². The van der Waals surface area contributed by atoms with Crippen LogP contribution in [0.4, 0.5) is 4.39 Å². The molecule has 0 aliphatic carbocycles. The van der Waals surface area contributed by atoms with Gasteiger partial charge in [-0.1, -0.05) is 5.16 Å². The molecule has 0 aromatic heterocycles. The quantitative estimate of drug-likeness (QED) is 0.356. The molecule has 1 rings (SSSR count). The highest BCUT2D eigenvalue weighted by atomic mass is 32.2. The molecule has 88 valence electrons. The van der Waals surface area contributed by atoms with Gasteiger partial charge in [0.15, 0.2) is 0 Å². The summed E-state index contributed by atoms with van der Waals surface area (Å²) in [5.74, 6) is 0.176. The Balaban J connectivity index is 2.44. The maximum atomic E-state index is 12.6. The number of hydrogen-bond acceptors (Lipinski definition) is 3. The summed E-state index contributed by atoms with van der Waals surface area (Å²) < 4.78 is 24.3. The SMILES string of the molecule is NC(CCCS(=O)c1ccc(F)cc1)=NO. The fraction of sp³-hybridized carbons (Fsp3) is 0.300. The molecule has 3 N–H and O–H groups in total. The third kappa shape index (κ3) is 3.98. The van der Waals surface area contributed by atoms with Crippen molar-refractivity contribution in [2.45, 2.75) is 17.7 Å². The van der Waals surface area contributed by atoms with Crippen molar-refractivity contribution in [3.05, 3.63) is 30.1 Å². The monoisotopic (exact) mass is 244 g/mol. The zero-order chi connectivity index (χ0) is 12.0. The van der Waals surface area contributed by atoms with Crippen LogP contribution in [0.25, 0.3) is 0 Å². The van der Waals surface area contributed by atoms with Crippen LogP contribution in [0.2, 0.25) is 0 Å². The van der Waals surface area contributed by atoms with Gasteiger partial charge in [0.2, 0.25) is 0 Å². The van der Waals surface area contributed by atoms with Crippen molar-refractivity contribution >= 4 is 16.6 Å². The average Bonchev–Trinajstić information content (AvgIpc) is 2.29. The van der Waals surface area contributed by atoms with Crippen molar-refractivity contribution in [2.24, 2.45) is 10.9 Å². The number of halogens is 1. The van der Waals surface area contributed by atoms with Crippen LogP contribution in [0.5, 0.6) is 0 Å². The van der Waals surface area contributed by atoms with E-state index in [-0.39, 0.29) is 11.7 Å². The lowest BCUT2D eigenvalue weighted by atomic mass is 10.3. The lowest BCUT2D eigenvalue weighted by Crippen LogP contribution is -2.12. The number of rotatable bonds is 5. The van der Waals surface area contributed by atoms with Crippen molar-refractivity contribution in [3.8, 4) is 0 Å². The highest BCUT2D eigenvalue weighted by molar-refractivity contribution is 7.85. The first-order valence-electron chi connectivity index (χ1n) is 4.74. The Morgan fingerprint density at radius 2 is 2.06 bits per heavy atom. The Kier molecular flexibility index (Phi) is 4.91. The molecule has 1 aromatic carbocycles. The van der Waals surface area contributed by atoms with Crippen LogP contribution < -0.4 is 5.73 Å². The number of hydrogen-bond donors (Lipinski definition) is 2. The lowest BCUT2D eigenvalue weighted by molar-refractivity contribution is 0.317. The molecular weight excluding hydrogens is 231 g/mol. The number of amidine groups is 1. The molecule has 16 heavy (non-hydrogen) atoms. The summed E-state index contributed by atoms with van der Waals surface area (Å²) in [4.78, 5) is 0.584. The van der Waals surface area contributed by atoms with Crippen molar-refractivity contribution in [1.29, 1.82) is 0 Å². The van der Waals surface area contributed by atoms with Crippen LogP contribution >= 0.6 is 0 Å². The van der Waals surface area contributed by atoms with Gasteiger partial charge in [0, 0.05) is 17.1 Å². The molecule has 6 heteroatoms. The molecule has 0 spiro atoms. The van der Waals surface area contributed by atoms with Crippen LogP contribution in [-0.4, -0.2) is 21.0 Å². The van der Waals surface area contributed by atoms with Gasteiger partial charge < -0.3 is 10.9 Å². The predicted molar refractivity (Wildman–Crippen MR) is 60.3 cm³/mol. The first kappa shape index (κ1) is 12.6. The third-order valence-corrected chi connectivity index (χ3v) is 3.43. The second kappa shape index (κ2) is 6.22. The van der Waals surface area contributed by atoms with E-state index in [0.29, 0.717) is 23.5 Å². The topological polar surface area (TPSA) is 75.7 Å². The van der Waals surface area contributed by atoms with E-state index in [1.165, 1.54) is 24.3 Å². The minimum Gasteiger partial charge on any atom is -0.409 e. The minimum atomic E-state index is -1.17. The van der Waals surface area contributed by atoms with E-state index in [2.05, 4.69) is 5.16 Å². The third-order valence-electron chi connectivity index (χ3n) is 1.97. The second-order valence-electron chi connectivity index (χ2n) is 3.20. The molecule has 0 saturated heterocycles. The Labute approximate surface area is 95.4 Å². The molecule has 0 fully saturated rings. The van der Waals surface area contributed by atoms with Crippen molar-refractivity contribution in [3.63, 3.8) is 0 Å². The molecule has 1 unspecified atom stereocenters. The maximum absolute atomic E-state index is 12.6. The summed E-state index contributed by atoms with van der Waals surface area (Å²) in [7, 11) is -1.17. The second-order valence-corrected chi connectivity index (χ2v) is 4.77. The van der Waals surface area contributed by atoms with Crippen molar-refractivity contribution in [1.82, 2.24) is 0 Å². The smallest absolute Gasteiger partial charge is 0.139 e. The predicted octanol–water partition coefficient (Wildman–Crippen LogP) is 1.46. The summed E-state index contributed by atoms with van der Waals surface area (Å²) in [5, 5.41) is 11.1. The van der Waals surface area contributed by atoms with Crippen molar-refractivity contribution in [2.75, 3.05) is 5.75 Å². The van der Waals surface area contributed by atoms with Gasteiger partial charge in [0.1, 0.15) is 11.7 Å². The number of benzene rings is 1. The summed E-state index contributed by atoms with van der Waals surface area (Å²) >= 11 is 0. The van der Waals surface area contributed by atoms with E-state index >= 15 is 0 Å². The molecule has 4 nitrogen and oxygen atoms in total. The van der Waals surface area contributed by atoms with Gasteiger partial charge in [0.05, 0.1) is 10.8 Å². The molecule has 0 heterocycles. The van der Waals surface area contributed by atoms with Gasteiger partial charge >= 0.3 is 0 Å². The van der Waals surface area contributed by atoms with Gasteiger partial charge in [-0.25, -0.2) is 4.39 Å². The van der Waals surface area contributed by atoms with E-state index in [4.69, 9.17) is 10.9 Å². The minimum absolute atomic E-state index is 0.121. The van der Waals surface area contributed by atoms with Crippen LogP contribution in [-0.2, 0) is 10.8 Å². The van der Waals surface area contributed by atoms with Gasteiger partial charge in [-0.15, -0.1) is 0 Å². The molecule has 0 saturated carbocycles. The maximum Gasteiger partial charge on any atom is 0.139 e. The van der Waals surface area contributed by atoms with E-state index in [9.17, 15) is 8.60 Å². The molecule has 0 radical (unpaired) electrons. The zero-order valence-electron chi connectivity index (χ0n) is 8.60. The van der Waals surface area contributed by atoms with Gasteiger partial charge in [-0.2, -0.15) is 0 Å². The number of oxime groups is 1.